The number of hydrogen-bond acceptors (Lipinski definition) is 2. The van der Waals surface area contributed by atoms with Crippen molar-refractivity contribution >= 4 is 0 Å². The summed E-state index contributed by atoms with van der Waals surface area (Å²) in [4.78, 5) is 2.70. The highest BCUT2D eigenvalue weighted by atomic mass is 15.1. The Balaban J connectivity index is 1.78. The van der Waals surface area contributed by atoms with Crippen molar-refractivity contribution < 1.29 is 0 Å². The van der Waals surface area contributed by atoms with Gasteiger partial charge in [0.1, 0.15) is 0 Å². The molecule has 0 radical (unpaired) electrons. The topological polar surface area (TPSA) is 29.3 Å². The van der Waals surface area contributed by atoms with Gasteiger partial charge < -0.3 is 10.6 Å². The highest BCUT2D eigenvalue weighted by molar-refractivity contribution is 4.95. The third-order valence-corrected chi connectivity index (χ3v) is 4.30. The molecule has 15 heavy (non-hydrogen) atoms. The molecule has 1 unspecified atom stereocenters. The van der Waals surface area contributed by atoms with E-state index in [1.807, 2.05) is 0 Å². The van der Waals surface area contributed by atoms with Gasteiger partial charge in [0.15, 0.2) is 0 Å². The van der Waals surface area contributed by atoms with Crippen LogP contribution < -0.4 is 5.73 Å². The smallest absolute Gasteiger partial charge is 0.00385 e. The Hall–Kier alpha value is -0.0800. The second kappa shape index (κ2) is 4.84. The average molecular weight is 210 g/mol. The van der Waals surface area contributed by atoms with E-state index in [4.69, 9.17) is 5.73 Å². The molecule has 1 aliphatic heterocycles. The first-order valence-corrected chi connectivity index (χ1v) is 6.66. The molecule has 0 aromatic rings. The Labute approximate surface area is 94.2 Å². The van der Waals surface area contributed by atoms with Gasteiger partial charge in [-0.3, -0.25) is 0 Å². The van der Waals surface area contributed by atoms with Crippen molar-refractivity contribution in [1.29, 1.82) is 0 Å². The van der Waals surface area contributed by atoms with Gasteiger partial charge in [0.2, 0.25) is 0 Å². The second-order valence-corrected chi connectivity index (χ2v) is 5.85. The van der Waals surface area contributed by atoms with Crippen LogP contribution in [0.4, 0.5) is 0 Å². The van der Waals surface area contributed by atoms with E-state index in [0.717, 1.165) is 12.5 Å². The van der Waals surface area contributed by atoms with Crippen LogP contribution in [0.5, 0.6) is 0 Å². The molecule has 2 rings (SSSR count). The van der Waals surface area contributed by atoms with Gasteiger partial charge in [-0.1, -0.05) is 6.92 Å². The first kappa shape index (κ1) is 11.4. The minimum absolute atomic E-state index is 0.641. The molecule has 0 aromatic heterocycles. The minimum Gasteiger partial charge on any atom is -0.330 e. The van der Waals surface area contributed by atoms with Gasteiger partial charge in [-0.25, -0.2) is 0 Å². The fourth-order valence-corrected chi connectivity index (χ4v) is 2.93. The van der Waals surface area contributed by atoms with Crippen LogP contribution in [0.25, 0.3) is 0 Å². The Morgan fingerprint density at radius 2 is 2.07 bits per heavy atom. The van der Waals surface area contributed by atoms with Gasteiger partial charge in [-0.2, -0.15) is 0 Å². The molecule has 1 aliphatic carbocycles. The van der Waals surface area contributed by atoms with Crippen molar-refractivity contribution in [1.82, 2.24) is 4.90 Å². The van der Waals surface area contributed by atoms with Crippen molar-refractivity contribution in [3.63, 3.8) is 0 Å². The number of rotatable bonds is 4. The van der Waals surface area contributed by atoms with Crippen LogP contribution >= 0.6 is 0 Å². The zero-order valence-electron chi connectivity index (χ0n) is 10.2. The number of hydrogen-bond donors (Lipinski definition) is 1. The van der Waals surface area contributed by atoms with Gasteiger partial charge in [0, 0.05) is 6.54 Å². The molecular weight excluding hydrogens is 184 g/mol. The average Bonchev–Trinajstić information content (AvgIpc) is 2.96. The van der Waals surface area contributed by atoms with Gasteiger partial charge >= 0.3 is 0 Å². The standard InChI is InChI=1S/C13H26N2/c1-12-3-2-9-15(10-4-12)11-13(5-6-13)7-8-14/h12H,2-11,14H2,1H3. The van der Waals surface area contributed by atoms with Crippen LogP contribution in [0.15, 0.2) is 0 Å². The monoisotopic (exact) mass is 210 g/mol. The van der Waals surface area contributed by atoms with E-state index in [9.17, 15) is 0 Å². The van der Waals surface area contributed by atoms with Crippen molar-refractivity contribution in [3.8, 4) is 0 Å². The summed E-state index contributed by atoms with van der Waals surface area (Å²) in [5, 5.41) is 0. The Morgan fingerprint density at radius 1 is 1.27 bits per heavy atom. The maximum atomic E-state index is 5.69. The maximum Gasteiger partial charge on any atom is 0.00385 e. The first-order chi connectivity index (χ1) is 7.24. The first-order valence-electron chi connectivity index (χ1n) is 6.66. The molecule has 0 spiro atoms. The summed E-state index contributed by atoms with van der Waals surface area (Å²) >= 11 is 0. The largest absolute Gasteiger partial charge is 0.330 e. The van der Waals surface area contributed by atoms with E-state index in [-0.39, 0.29) is 0 Å². The predicted molar refractivity (Wildman–Crippen MR) is 64.8 cm³/mol. The Morgan fingerprint density at radius 3 is 2.73 bits per heavy atom. The Kier molecular flexibility index (Phi) is 3.68. The summed E-state index contributed by atoms with van der Waals surface area (Å²) in [5.41, 5.74) is 6.34. The molecule has 0 aromatic carbocycles. The number of nitrogens with zero attached hydrogens (tertiary/aromatic N) is 1. The summed E-state index contributed by atoms with van der Waals surface area (Å²) in [6.45, 7) is 7.27. The van der Waals surface area contributed by atoms with Crippen LogP contribution in [-0.2, 0) is 0 Å². The van der Waals surface area contributed by atoms with Crippen LogP contribution in [-0.4, -0.2) is 31.1 Å². The van der Waals surface area contributed by atoms with E-state index in [1.54, 1.807) is 0 Å². The van der Waals surface area contributed by atoms with Crippen LogP contribution in [0.1, 0.15) is 45.4 Å². The van der Waals surface area contributed by atoms with Gasteiger partial charge in [0.25, 0.3) is 0 Å². The van der Waals surface area contributed by atoms with E-state index < -0.39 is 0 Å². The predicted octanol–water partition coefficient (Wildman–Crippen LogP) is 2.24. The van der Waals surface area contributed by atoms with E-state index in [1.165, 1.54) is 58.2 Å². The summed E-state index contributed by atoms with van der Waals surface area (Å²) in [6.07, 6.45) is 8.34. The summed E-state index contributed by atoms with van der Waals surface area (Å²) in [6, 6.07) is 0. The molecule has 1 heterocycles. The quantitative estimate of drug-likeness (QED) is 0.771. The van der Waals surface area contributed by atoms with Gasteiger partial charge in [-0.05, 0) is 69.5 Å². The molecule has 1 saturated heterocycles. The second-order valence-electron chi connectivity index (χ2n) is 5.85. The molecule has 88 valence electrons. The van der Waals surface area contributed by atoms with Crippen molar-refractivity contribution in [2.24, 2.45) is 17.1 Å². The van der Waals surface area contributed by atoms with Gasteiger partial charge in [-0.15, -0.1) is 0 Å². The fraction of sp³-hybridized carbons (Fsp3) is 1.00. The Bertz CT molecular complexity index is 199. The highest BCUT2D eigenvalue weighted by Gasteiger charge is 2.42. The fourth-order valence-electron chi connectivity index (χ4n) is 2.93. The van der Waals surface area contributed by atoms with Crippen molar-refractivity contribution in [3.05, 3.63) is 0 Å². The summed E-state index contributed by atoms with van der Waals surface area (Å²) < 4.78 is 0. The number of nitrogens with two attached hydrogens (primary N) is 1. The number of likely N-dealkylation sites (tertiary alicyclic amines) is 1. The third kappa shape index (κ3) is 3.18. The van der Waals surface area contributed by atoms with E-state index >= 15 is 0 Å². The van der Waals surface area contributed by atoms with Crippen molar-refractivity contribution in [2.75, 3.05) is 26.2 Å². The summed E-state index contributed by atoms with van der Waals surface area (Å²) in [5.74, 6) is 0.944. The molecular formula is C13H26N2. The molecule has 1 saturated carbocycles. The van der Waals surface area contributed by atoms with Gasteiger partial charge in [0.05, 0.1) is 0 Å². The lowest BCUT2D eigenvalue weighted by atomic mass is 10.0. The third-order valence-electron chi connectivity index (χ3n) is 4.30. The lowest BCUT2D eigenvalue weighted by molar-refractivity contribution is 0.219. The SMILES string of the molecule is CC1CCCN(CC2(CCN)CC2)CC1. The normalized spacial score (nSPS) is 31.2. The molecule has 1 atom stereocenters. The maximum absolute atomic E-state index is 5.69. The van der Waals surface area contributed by atoms with E-state index in [2.05, 4.69) is 11.8 Å². The zero-order valence-corrected chi connectivity index (χ0v) is 10.2. The van der Waals surface area contributed by atoms with E-state index in [0.29, 0.717) is 5.41 Å². The molecule has 2 heteroatoms. The lowest BCUT2D eigenvalue weighted by Gasteiger charge is -2.25. The van der Waals surface area contributed by atoms with Crippen molar-refractivity contribution in [2.45, 2.75) is 45.4 Å². The minimum atomic E-state index is 0.641. The molecule has 2 nitrogen and oxygen atoms in total. The molecule has 2 aliphatic rings. The highest BCUT2D eigenvalue weighted by Crippen LogP contribution is 2.49. The molecule has 2 fully saturated rings. The van der Waals surface area contributed by atoms with Crippen LogP contribution in [0, 0.1) is 11.3 Å². The molecule has 2 N–H and O–H groups in total. The molecule has 0 bridgehead atoms. The lowest BCUT2D eigenvalue weighted by Crippen LogP contribution is -2.32. The zero-order chi connectivity index (χ0) is 10.7. The summed E-state index contributed by atoms with van der Waals surface area (Å²) in [7, 11) is 0. The van der Waals surface area contributed by atoms with Crippen LogP contribution in [0.2, 0.25) is 0 Å². The molecule has 0 amide bonds. The van der Waals surface area contributed by atoms with Crippen LogP contribution in [0.3, 0.4) is 0 Å².